The van der Waals surface area contributed by atoms with Gasteiger partial charge < -0.3 is 10.1 Å². The molecule has 0 aliphatic carbocycles. The zero-order chi connectivity index (χ0) is 12.3. The Bertz CT molecular complexity index is 453. The van der Waals surface area contributed by atoms with Gasteiger partial charge in [-0.25, -0.2) is 4.39 Å². The highest BCUT2D eigenvalue weighted by Gasteiger charge is 2.22. The van der Waals surface area contributed by atoms with Gasteiger partial charge in [-0.2, -0.15) is 5.26 Å². The lowest BCUT2D eigenvalue weighted by molar-refractivity contribution is 0.228. The molecule has 0 saturated heterocycles. The minimum atomic E-state index is -0.437. The number of nitrogens with one attached hydrogen (secondary N) is 1. The summed E-state index contributed by atoms with van der Waals surface area (Å²) in [4.78, 5) is 0. The third-order valence-corrected chi connectivity index (χ3v) is 2.83. The summed E-state index contributed by atoms with van der Waals surface area (Å²) in [6.07, 6.45) is 1.76. The number of halogens is 1. The maximum atomic E-state index is 13.6. The van der Waals surface area contributed by atoms with Crippen LogP contribution in [0.25, 0.3) is 0 Å². The summed E-state index contributed by atoms with van der Waals surface area (Å²) in [6, 6.07) is 5.09. The van der Waals surface area contributed by atoms with E-state index < -0.39 is 5.82 Å². The molecule has 90 valence electrons. The molecule has 1 unspecified atom stereocenters. The Kier molecular flexibility index (Phi) is 3.60. The number of hydrogen-bond donors (Lipinski definition) is 1. The lowest BCUT2D eigenvalue weighted by atomic mass is 10.00. The zero-order valence-corrected chi connectivity index (χ0v) is 9.79. The largest absolute Gasteiger partial charge is 0.489 e. The Balaban J connectivity index is 2.19. The van der Waals surface area contributed by atoms with E-state index in [9.17, 15) is 4.39 Å². The summed E-state index contributed by atoms with van der Waals surface area (Å²) in [5.41, 5.74) is 1.13. The predicted molar refractivity (Wildman–Crippen MR) is 62.4 cm³/mol. The summed E-state index contributed by atoms with van der Waals surface area (Å²) in [5.74, 6) is -0.133. The average Bonchev–Trinajstić information content (AvgIpc) is 2.35. The van der Waals surface area contributed by atoms with Crippen LogP contribution in [0.15, 0.2) is 12.1 Å². The molecule has 1 heterocycles. The number of ether oxygens (including phenoxy) is 1. The SMILES string of the molecule is CCCNC1COc2c(F)cc(C#N)cc2C1. The van der Waals surface area contributed by atoms with Crippen LogP contribution >= 0.6 is 0 Å². The van der Waals surface area contributed by atoms with E-state index in [4.69, 9.17) is 10.00 Å². The van der Waals surface area contributed by atoms with Crippen LogP contribution in [0, 0.1) is 17.1 Å². The molecule has 3 nitrogen and oxygen atoms in total. The van der Waals surface area contributed by atoms with Crippen molar-refractivity contribution < 1.29 is 9.13 Å². The topological polar surface area (TPSA) is 45.0 Å². The van der Waals surface area contributed by atoms with Crippen molar-refractivity contribution in [1.29, 1.82) is 5.26 Å². The molecular formula is C13H15FN2O. The molecule has 0 spiro atoms. The number of benzene rings is 1. The van der Waals surface area contributed by atoms with Gasteiger partial charge in [-0.3, -0.25) is 0 Å². The summed E-state index contributed by atoms with van der Waals surface area (Å²) < 4.78 is 19.0. The van der Waals surface area contributed by atoms with Gasteiger partial charge in [0.25, 0.3) is 0 Å². The highest BCUT2D eigenvalue weighted by molar-refractivity contribution is 5.44. The normalized spacial score (nSPS) is 18.1. The second kappa shape index (κ2) is 5.15. The number of fused-ring (bicyclic) bond motifs is 1. The van der Waals surface area contributed by atoms with Crippen molar-refractivity contribution in [3.05, 3.63) is 29.1 Å². The van der Waals surface area contributed by atoms with Crippen molar-refractivity contribution in [2.24, 2.45) is 0 Å². The highest BCUT2D eigenvalue weighted by Crippen LogP contribution is 2.29. The smallest absolute Gasteiger partial charge is 0.166 e. The first-order chi connectivity index (χ1) is 8.24. The van der Waals surface area contributed by atoms with Crippen LogP contribution in [0.3, 0.4) is 0 Å². The van der Waals surface area contributed by atoms with Gasteiger partial charge in [0, 0.05) is 11.6 Å². The monoisotopic (exact) mass is 234 g/mol. The van der Waals surface area contributed by atoms with Crippen molar-refractivity contribution in [1.82, 2.24) is 5.32 Å². The molecule has 1 atom stereocenters. The van der Waals surface area contributed by atoms with E-state index in [2.05, 4.69) is 12.2 Å². The molecule has 0 saturated carbocycles. The van der Waals surface area contributed by atoms with E-state index in [1.54, 1.807) is 6.07 Å². The van der Waals surface area contributed by atoms with Crippen LogP contribution in [-0.4, -0.2) is 19.2 Å². The van der Waals surface area contributed by atoms with Crippen molar-refractivity contribution in [2.75, 3.05) is 13.2 Å². The van der Waals surface area contributed by atoms with Crippen LogP contribution in [0.1, 0.15) is 24.5 Å². The van der Waals surface area contributed by atoms with E-state index in [0.717, 1.165) is 18.5 Å². The Morgan fingerprint density at radius 1 is 1.59 bits per heavy atom. The zero-order valence-electron chi connectivity index (χ0n) is 9.79. The van der Waals surface area contributed by atoms with Crippen LogP contribution in [0.5, 0.6) is 5.75 Å². The summed E-state index contributed by atoms with van der Waals surface area (Å²) in [7, 11) is 0. The molecule has 1 aliphatic heterocycles. The minimum absolute atomic E-state index is 0.204. The van der Waals surface area contributed by atoms with Crippen molar-refractivity contribution in [3.8, 4) is 11.8 Å². The fourth-order valence-electron chi connectivity index (χ4n) is 2.02. The second-order valence-electron chi connectivity index (χ2n) is 4.22. The molecule has 0 radical (unpaired) electrons. The first kappa shape index (κ1) is 11.9. The fraction of sp³-hybridized carbons (Fsp3) is 0.462. The first-order valence-electron chi connectivity index (χ1n) is 5.83. The summed E-state index contributed by atoms with van der Waals surface area (Å²) in [5, 5.41) is 12.1. The third kappa shape index (κ3) is 2.56. The number of nitriles is 1. The molecule has 0 amide bonds. The molecule has 4 heteroatoms. The van der Waals surface area contributed by atoms with Crippen molar-refractivity contribution >= 4 is 0 Å². The second-order valence-corrected chi connectivity index (χ2v) is 4.22. The van der Waals surface area contributed by atoms with Gasteiger partial charge in [-0.15, -0.1) is 0 Å². The van der Waals surface area contributed by atoms with Gasteiger partial charge in [-0.05, 0) is 31.5 Å². The van der Waals surface area contributed by atoms with E-state index >= 15 is 0 Å². The van der Waals surface area contributed by atoms with Crippen LogP contribution in [0.2, 0.25) is 0 Å². The maximum Gasteiger partial charge on any atom is 0.166 e. The van der Waals surface area contributed by atoms with E-state index in [1.165, 1.54) is 6.07 Å². The number of nitrogens with zero attached hydrogens (tertiary/aromatic N) is 1. The van der Waals surface area contributed by atoms with Gasteiger partial charge in [0.05, 0.1) is 11.6 Å². The van der Waals surface area contributed by atoms with Gasteiger partial charge in [0.2, 0.25) is 0 Å². The number of rotatable bonds is 3. The molecule has 2 rings (SSSR count). The first-order valence-corrected chi connectivity index (χ1v) is 5.83. The molecule has 1 aliphatic rings. The third-order valence-electron chi connectivity index (χ3n) is 2.83. The van der Waals surface area contributed by atoms with Gasteiger partial charge in [-0.1, -0.05) is 6.92 Å². The van der Waals surface area contributed by atoms with E-state index in [1.807, 2.05) is 6.07 Å². The van der Waals surface area contributed by atoms with Gasteiger partial charge in [0.15, 0.2) is 11.6 Å². The lowest BCUT2D eigenvalue weighted by Crippen LogP contribution is -2.39. The van der Waals surface area contributed by atoms with Crippen molar-refractivity contribution in [3.63, 3.8) is 0 Å². The Labute approximate surface area is 100 Å². The van der Waals surface area contributed by atoms with E-state index in [0.29, 0.717) is 24.3 Å². The molecule has 0 aromatic heterocycles. The molecule has 1 aromatic carbocycles. The van der Waals surface area contributed by atoms with Gasteiger partial charge in [0.1, 0.15) is 6.61 Å². The quantitative estimate of drug-likeness (QED) is 0.870. The van der Waals surface area contributed by atoms with Crippen LogP contribution in [-0.2, 0) is 6.42 Å². The van der Waals surface area contributed by atoms with E-state index in [-0.39, 0.29) is 6.04 Å². The Morgan fingerprint density at radius 2 is 2.41 bits per heavy atom. The Hall–Kier alpha value is -1.60. The average molecular weight is 234 g/mol. The standard InChI is InChI=1S/C13H15FN2O/c1-2-3-16-11-6-10-4-9(7-15)5-12(14)13(10)17-8-11/h4-5,11,16H,2-3,6,8H2,1H3. The molecule has 1 N–H and O–H groups in total. The molecule has 17 heavy (non-hydrogen) atoms. The number of hydrogen-bond acceptors (Lipinski definition) is 3. The molecule has 0 bridgehead atoms. The minimum Gasteiger partial charge on any atom is -0.489 e. The lowest BCUT2D eigenvalue weighted by Gasteiger charge is -2.26. The summed E-state index contributed by atoms with van der Waals surface area (Å²) in [6.45, 7) is 3.50. The van der Waals surface area contributed by atoms with Crippen LogP contribution < -0.4 is 10.1 Å². The molecular weight excluding hydrogens is 219 g/mol. The predicted octanol–water partition coefficient (Wildman–Crippen LogP) is 2.00. The summed E-state index contributed by atoms with van der Waals surface area (Å²) >= 11 is 0. The molecule has 0 fully saturated rings. The van der Waals surface area contributed by atoms with Crippen molar-refractivity contribution in [2.45, 2.75) is 25.8 Å². The Morgan fingerprint density at radius 3 is 3.12 bits per heavy atom. The highest BCUT2D eigenvalue weighted by atomic mass is 19.1. The fourth-order valence-corrected chi connectivity index (χ4v) is 2.02. The molecule has 1 aromatic rings. The van der Waals surface area contributed by atoms with Gasteiger partial charge >= 0.3 is 0 Å². The van der Waals surface area contributed by atoms with Crippen LogP contribution in [0.4, 0.5) is 4.39 Å². The maximum absolute atomic E-state index is 13.6.